The van der Waals surface area contributed by atoms with Gasteiger partial charge in [0.1, 0.15) is 17.7 Å². The molecule has 0 aliphatic carbocycles. The molecule has 35 heavy (non-hydrogen) atoms. The lowest BCUT2D eigenvalue weighted by Crippen LogP contribution is -2.51. The van der Waals surface area contributed by atoms with Crippen molar-refractivity contribution < 1.29 is 19.1 Å². The summed E-state index contributed by atoms with van der Waals surface area (Å²) >= 11 is 6.35. The highest BCUT2D eigenvalue weighted by molar-refractivity contribution is 6.34. The van der Waals surface area contributed by atoms with Crippen LogP contribution in [0, 0.1) is 20.8 Å². The quantitative estimate of drug-likeness (QED) is 0.509. The average molecular weight is 502 g/mol. The third-order valence-corrected chi connectivity index (χ3v) is 5.92. The molecule has 8 heteroatoms. The van der Waals surface area contributed by atoms with Crippen LogP contribution in [0.15, 0.2) is 36.4 Å². The Morgan fingerprint density at radius 3 is 2.23 bits per heavy atom. The van der Waals surface area contributed by atoms with Crippen LogP contribution in [-0.4, -0.2) is 41.0 Å². The lowest BCUT2D eigenvalue weighted by Gasteiger charge is -2.33. The maximum absolute atomic E-state index is 13.7. The smallest absolute Gasteiger partial charge is 0.408 e. The van der Waals surface area contributed by atoms with E-state index in [2.05, 4.69) is 10.6 Å². The van der Waals surface area contributed by atoms with Crippen LogP contribution in [0.2, 0.25) is 5.02 Å². The Labute approximate surface area is 213 Å². The number of likely N-dealkylation sites (N-methyl/N-ethyl adjacent to an activating group) is 1. The molecule has 3 amide bonds. The lowest BCUT2D eigenvalue weighted by atomic mass is 9.98. The Balaban J connectivity index is 2.43. The molecule has 2 aromatic carbocycles. The maximum atomic E-state index is 13.7. The number of nitrogens with zero attached hydrogens (tertiary/aromatic N) is 1. The number of hydrogen-bond donors (Lipinski definition) is 2. The van der Waals surface area contributed by atoms with Crippen LogP contribution in [-0.2, 0) is 14.3 Å². The number of rotatable bonds is 7. The molecule has 0 saturated heterocycles. The second kappa shape index (κ2) is 11.6. The topological polar surface area (TPSA) is 87.7 Å². The highest BCUT2D eigenvalue weighted by atomic mass is 35.5. The summed E-state index contributed by atoms with van der Waals surface area (Å²) in [6, 6.07) is 9.17. The zero-order valence-corrected chi connectivity index (χ0v) is 22.5. The Hall–Kier alpha value is -3.06. The van der Waals surface area contributed by atoms with Crippen molar-refractivity contribution in [3.63, 3.8) is 0 Å². The van der Waals surface area contributed by atoms with E-state index in [1.165, 1.54) is 4.90 Å². The number of halogens is 1. The molecule has 0 bridgehead atoms. The number of carbonyl (C=O) groups excluding carboxylic acids is 3. The van der Waals surface area contributed by atoms with Gasteiger partial charge in [-0.3, -0.25) is 9.59 Å². The second-order valence-corrected chi connectivity index (χ2v) is 10.1. The SMILES string of the molecule is CCN(C(=O)C(C)NC(=O)OC(C)(C)C)C(C(=O)Nc1c(C)cccc1Cl)c1ccc(C)c(C)c1. The molecular weight excluding hydrogens is 466 g/mol. The van der Waals surface area contributed by atoms with Gasteiger partial charge in [-0.25, -0.2) is 4.79 Å². The van der Waals surface area contributed by atoms with E-state index in [1.54, 1.807) is 46.8 Å². The van der Waals surface area contributed by atoms with Gasteiger partial charge in [0.2, 0.25) is 5.91 Å². The predicted octanol–water partition coefficient (Wildman–Crippen LogP) is 5.71. The van der Waals surface area contributed by atoms with Gasteiger partial charge in [-0.05, 0) is 83.7 Å². The van der Waals surface area contributed by atoms with Crippen molar-refractivity contribution in [1.82, 2.24) is 10.2 Å². The van der Waals surface area contributed by atoms with Crippen LogP contribution >= 0.6 is 11.6 Å². The summed E-state index contributed by atoms with van der Waals surface area (Å²) in [5.74, 6) is -0.809. The molecule has 190 valence electrons. The number of amides is 3. The fourth-order valence-electron chi connectivity index (χ4n) is 3.65. The number of benzene rings is 2. The predicted molar refractivity (Wildman–Crippen MR) is 140 cm³/mol. The molecule has 0 aromatic heterocycles. The summed E-state index contributed by atoms with van der Waals surface area (Å²) in [4.78, 5) is 40.9. The van der Waals surface area contributed by atoms with Gasteiger partial charge in [0.15, 0.2) is 0 Å². The van der Waals surface area contributed by atoms with Gasteiger partial charge >= 0.3 is 6.09 Å². The molecule has 2 rings (SSSR count). The van der Waals surface area contributed by atoms with Gasteiger partial charge in [0, 0.05) is 6.54 Å². The van der Waals surface area contributed by atoms with Crippen LogP contribution in [0.1, 0.15) is 62.9 Å². The molecule has 0 spiro atoms. The Kier molecular flexibility index (Phi) is 9.32. The molecule has 7 nitrogen and oxygen atoms in total. The Morgan fingerprint density at radius 1 is 1.03 bits per heavy atom. The maximum Gasteiger partial charge on any atom is 0.408 e. The first-order valence-electron chi connectivity index (χ1n) is 11.7. The van der Waals surface area contributed by atoms with Crippen molar-refractivity contribution in [2.75, 3.05) is 11.9 Å². The van der Waals surface area contributed by atoms with Crippen molar-refractivity contribution in [1.29, 1.82) is 0 Å². The van der Waals surface area contributed by atoms with Crippen LogP contribution in [0.25, 0.3) is 0 Å². The van der Waals surface area contributed by atoms with Crippen molar-refractivity contribution >= 4 is 35.2 Å². The Morgan fingerprint density at radius 2 is 1.69 bits per heavy atom. The fourth-order valence-corrected chi connectivity index (χ4v) is 3.92. The lowest BCUT2D eigenvalue weighted by molar-refractivity contribution is -0.140. The molecule has 0 fully saturated rings. The van der Waals surface area contributed by atoms with E-state index in [0.29, 0.717) is 16.3 Å². The number of nitrogens with one attached hydrogen (secondary N) is 2. The highest BCUT2D eigenvalue weighted by Crippen LogP contribution is 2.30. The largest absolute Gasteiger partial charge is 0.444 e. The van der Waals surface area contributed by atoms with E-state index in [9.17, 15) is 14.4 Å². The molecule has 2 aromatic rings. The summed E-state index contributed by atoms with van der Waals surface area (Å²) < 4.78 is 5.28. The van der Waals surface area contributed by atoms with Gasteiger partial charge in [-0.2, -0.15) is 0 Å². The van der Waals surface area contributed by atoms with Crippen molar-refractivity contribution in [2.45, 2.75) is 73.1 Å². The highest BCUT2D eigenvalue weighted by Gasteiger charge is 2.34. The van der Waals surface area contributed by atoms with Gasteiger partial charge in [0.25, 0.3) is 5.91 Å². The molecule has 2 atom stereocenters. The number of carbonyl (C=O) groups is 3. The second-order valence-electron chi connectivity index (χ2n) is 9.66. The summed E-state index contributed by atoms with van der Waals surface area (Å²) in [6.45, 7) is 14.6. The van der Waals surface area contributed by atoms with Crippen molar-refractivity contribution in [3.05, 3.63) is 63.7 Å². The standard InChI is InChI=1S/C27H36ClN3O4/c1-9-31(25(33)19(5)29-26(34)35-27(6,7)8)23(20-14-13-16(2)18(4)15-20)24(32)30-22-17(3)11-10-12-21(22)28/h10-15,19,23H,9H2,1-8H3,(H,29,34)(H,30,32). The Bertz CT molecular complexity index is 1070. The average Bonchev–Trinajstić information content (AvgIpc) is 2.74. The molecule has 0 heterocycles. The first-order chi connectivity index (χ1) is 16.2. The molecule has 0 radical (unpaired) electrons. The van der Waals surface area contributed by atoms with Gasteiger partial charge < -0.3 is 20.3 Å². The van der Waals surface area contributed by atoms with Gasteiger partial charge in [0.05, 0.1) is 10.7 Å². The van der Waals surface area contributed by atoms with Gasteiger partial charge in [-0.15, -0.1) is 0 Å². The normalized spacial score (nSPS) is 12.9. The summed E-state index contributed by atoms with van der Waals surface area (Å²) in [7, 11) is 0. The minimum atomic E-state index is -0.939. The summed E-state index contributed by atoms with van der Waals surface area (Å²) in [6.07, 6.45) is -0.701. The number of ether oxygens (including phenoxy) is 1. The third kappa shape index (κ3) is 7.46. The van der Waals surface area contributed by atoms with Gasteiger partial charge in [-0.1, -0.05) is 41.9 Å². The molecule has 0 saturated carbocycles. The summed E-state index contributed by atoms with van der Waals surface area (Å²) in [5.41, 5.74) is 3.33. The number of hydrogen-bond acceptors (Lipinski definition) is 4. The first kappa shape index (κ1) is 28.2. The molecule has 2 unspecified atom stereocenters. The van der Waals surface area contributed by atoms with Crippen LogP contribution in [0.5, 0.6) is 0 Å². The number of aryl methyl sites for hydroxylation is 3. The molecule has 0 aliphatic rings. The monoisotopic (exact) mass is 501 g/mol. The third-order valence-electron chi connectivity index (χ3n) is 5.60. The summed E-state index contributed by atoms with van der Waals surface area (Å²) in [5, 5.41) is 5.90. The number of para-hydroxylation sites is 1. The van der Waals surface area contributed by atoms with Crippen LogP contribution < -0.4 is 10.6 Å². The van der Waals surface area contributed by atoms with Crippen LogP contribution in [0.3, 0.4) is 0 Å². The van der Waals surface area contributed by atoms with E-state index in [0.717, 1.165) is 16.7 Å². The number of anilines is 1. The fraction of sp³-hybridized carbons (Fsp3) is 0.444. The molecule has 0 aliphatic heterocycles. The van der Waals surface area contributed by atoms with E-state index in [4.69, 9.17) is 16.3 Å². The van der Waals surface area contributed by atoms with E-state index >= 15 is 0 Å². The van der Waals surface area contributed by atoms with Crippen molar-refractivity contribution in [3.8, 4) is 0 Å². The minimum Gasteiger partial charge on any atom is -0.444 e. The van der Waals surface area contributed by atoms with E-state index in [1.807, 2.05) is 45.0 Å². The van der Waals surface area contributed by atoms with E-state index < -0.39 is 35.6 Å². The zero-order chi connectivity index (χ0) is 26.5. The number of alkyl carbamates (subject to hydrolysis) is 1. The molecular formula is C27H36ClN3O4. The minimum absolute atomic E-state index is 0.242. The zero-order valence-electron chi connectivity index (χ0n) is 21.8. The first-order valence-corrected chi connectivity index (χ1v) is 12.1. The van der Waals surface area contributed by atoms with Crippen molar-refractivity contribution in [2.24, 2.45) is 0 Å². The van der Waals surface area contributed by atoms with E-state index in [-0.39, 0.29) is 6.54 Å². The molecule has 2 N–H and O–H groups in total. The van der Waals surface area contributed by atoms with Crippen LogP contribution in [0.4, 0.5) is 10.5 Å².